The highest BCUT2D eigenvalue weighted by Crippen LogP contribution is 2.14. The summed E-state index contributed by atoms with van der Waals surface area (Å²) in [6, 6.07) is 1.29. The van der Waals surface area contributed by atoms with Crippen LogP contribution in [0.15, 0.2) is 18.5 Å². The van der Waals surface area contributed by atoms with Gasteiger partial charge in [-0.25, -0.2) is 12.8 Å². The molecule has 0 aromatic carbocycles. The van der Waals surface area contributed by atoms with Crippen LogP contribution in [0.4, 0.5) is 10.1 Å². The molecule has 0 aliphatic heterocycles. The molecule has 0 aliphatic carbocycles. The average molecular weight is 275 g/mol. The van der Waals surface area contributed by atoms with Crippen LogP contribution in [0.2, 0.25) is 0 Å². The number of halogens is 1. The number of anilines is 1. The third-order valence-electron chi connectivity index (χ3n) is 2.41. The summed E-state index contributed by atoms with van der Waals surface area (Å²) in [6.45, 7) is 4.65. The van der Waals surface area contributed by atoms with Crippen molar-refractivity contribution < 1.29 is 12.8 Å². The molecule has 0 fully saturated rings. The molecular weight excluding hydrogens is 257 g/mol. The molecule has 7 heteroatoms. The zero-order valence-corrected chi connectivity index (χ0v) is 11.3. The molecule has 1 atom stereocenters. The van der Waals surface area contributed by atoms with Crippen molar-refractivity contribution >= 4 is 15.7 Å². The molecule has 1 heterocycles. The second-order valence-corrected chi connectivity index (χ2v) is 6.12. The van der Waals surface area contributed by atoms with Crippen molar-refractivity contribution in [2.24, 2.45) is 0 Å². The predicted molar refractivity (Wildman–Crippen MR) is 69.4 cm³/mol. The summed E-state index contributed by atoms with van der Waals surface area (Å²) >= 11 is 0. The smallest absolute Gasteiger partial charge is 0.236 e. The molecule has 2 N–H and O–H groups in total. The number of nitrogens with one attached hydrogen (secondary N) is 2. The second kappa shape index (κ2) is 6.65. The number of pyridine rings is 1. The first-order valence-electron chi connectivity index (χ1n) is 5.79. The van der Waals surface area contributed by atoms with Crippen LogP contribution in [-0.2, 0) is 10.0 Å². The van der Waals surface area contributed by atoms with E-state index in [9.17, 15) is 12.8 Å². The Kier molecular flexibility index (Phi) is 5.49. The van der Waals surface area contributed by atoms with E-state index in [1.807, 2.05) is 6.92 Å². The van der Waals surface area contributed by atoms with Crippen LogP contribution in [0.25, 0.3) is 0 Å². The lowest BCUT2D eigenvalue weighted by Gasteiger charge is -2.15. The Hall–Kier alpha value is -1.21. The lowest BCUT2D eigenvalue weighted by molar-refractivity contribution is 0.574. The van der Waals surface area contributed by atoms with Crippen LogP contribution < -0.4 is 10.0 Å². The molecule has 18 heavy (non-hydrogen) atoms. The van der Waals surface area contributed by atoms with Crippen LogP contribution in [-0.4, -0.2) is 31.7 Å². The summed E-state index contributed by atoms with van der Waals surface area (Å²) in [6.07, 6.45) is 3.23. The highest BCUT2D eigenvalue weighted by Gasteiger charge is 2.21. The molecule has 0 bridgehead atoms. The molecule has 5 nitrogen and oxygen atoms in total. The first-order valence-corrected chi connectivity index (χ1v) is 7.34. The van der Waals surface area contributed by atoms with E-state index in [1.54, 1.807) is 6.92 Å². The second-order valence-electron chi connectivity index (χ2n) is 4.02. The van der Waals surface area contributed by atoms with E-state index < -0.39 is 21.1 Å². The molecule has 0 spiro atoms. The van der Waals surface area contributed by atoms with Crippen molar-refractivity contribution in [1.29, 1.82) is 0 Å². The van der Waals surface area contributed by atoms with Gasteiger partial charge in [-0.05, 0) is 26.0 Å². The molecule has 0 aliphatic rings. The fraction of sp³-hybridized carbons (Fsp3) is 0.545. The molecule has 102 valence electrons. The zero-order chi connectivity index (χ0) is 13.6. The van der Waals surface area contributed by atoms with Gasteiger partial charge in [-0.15, -0.1) is 0 Å². The van der Waals surface area contributed by atoms with E-state index in [1.165, 1.54) is 12.3 Å². The number of hydrogen-bond donors (Lipinski definition) is 2. The van der Waals surface area contributed by atoms with Crippen molar-refractivity contribution in [2.45, 2.75) is 25.5 Å². The highest BCUT2D eigenvalue weighted by molar-refractivity contribution is 7.93. The van der Waals surface area contributed by atoms with Gasteiger partial charge in [0.25, 0.3) is 0 Å². The van der Waals surface area contributed by atoms with Gasteiger partial charge < -0.3 is 5.32 Å². The molecule has 1 aromatic heterocycles. The number of nitrogens with zero attached hydrogens (tertiary/aromatic N) is 1. The van der Waals surface area contributed by atoms with E-state index in [0.29, 0.717) is 6.54 Å². The third kappa shape index (κ3) is 4.23. The lowest BCUT2D eigenvalue weighted by Crippen LogP contribution is -2.35. The standard InChI is InChI=1S/C11H18FN3O2S/c1-3-5-13-7-9(2)18(16,17)15-11-4-6-14-8-10(11)12/h4,6,8-9,13H,3,5,7H2,1-2H3,(H,14,15). The van der Waals surface area contributed by atoms with Crippen molar-refractivity contribution in [3.63, 3.8) is 0 Å². The SMILES string of the molecule is CCCNCC(C)S(=O)(=O)Nc1ccncc1F. The maximum atomic E-state index is 13.3. The fourth-order valence-electron chi connectivity index (χ4n) is 1.30. The van der Waals surface area contributed by atoms with E-state index in [2.05, 4.69) is 15.0 Å². The maximum absolute atomic E-state index is 13.3. The van der Waals surface area contributed by atoms with E-state index >= 15 is 0 Å². The van der Waals surface area contributed by atoms with Gasteiger partial charge in [0.15, 0.2) is 5.82 Å². The Morgan fingerprint density at radius 2 is 2.22 bits per heavy atom. The Bertz CT molecular complexity index is 479. The predicted octanol–water partition coefficient (Wildman–Crippen LogP) is 1.35. The monoisotopic (exact) mass is 275 g/mol. The van der Waals surface area contributed by atoms with Gasteiger partial charge in [-0.3, -0.25) is 9.71 Å². The summed E-state index contributed by atoms with van der Waals surface area (Å²) in [4.78, 5) is 3.56. The summed E-state index contributed by atoms with van der Waals surface area (Å²) in [7, 11) is -3.60. The van der Waals surface area contributed by atoms with Crippen molar-refractivity contribution in [3.8, 4) is 0 Å². The normalized spacial score (nSPS) is 13.3. The molecular formula is C11H18FN3O2S. The summed E-state index contributed by atoms with van der Waals surface area (Å²) in [5, 5.41) is 2.37. The van der Waals surface area contributed by atoms with Gasteiger partial charge in [0.05, 0.1) is 17.1 Å². The highest BCUT2D eigenvalue weighted by atomic mass is 32.2. The van der Waals surface area contributed by atoms with E-state index in [-0.39, 0.29) is 5.69 Å². The number of sulfonamides is 1. The minimum absolute atomic E-state index is 0.0765. The van der Waals surface area contributed by atoms with Gasteiger partial charge in [0, 0.05) is 12.7 Å². The maximum Gasteiger partial charge on any atom is 0.236 e. The summed E-state index contributed by atoms with van der Waals surface area (Å²) in [5.41, 5.74) is -0.0765. The van der Waals surface area contributed by atoms with Gasteiger partial charge in [0.1, 0.15) is 0 Å². The van der Waals surface area contributed by atoms with Crippen LogP contribution in [0, 0.1) is 5.82 Å². The molecule has 0 amide bonds. The van der Waals surface area contributed by atoms with E-state index in [4.69, 9.17) is 0 Å². The minimum atomic E-state index is -3.60. The third-order valence-corrected chi connectivity index (χ3v) is 4.14. The van der Waals surface area contributed by atoms with Crippen LogP contribution in [0.1, 0.15) is 20.3 Å². The van der Waals surface area contributed by atoms with Crippen molar-refractivity contribution in [2.75, 3.05) is 17.8 Å². The molecule has 1 unspecified atom stereocenters. The van der Waals surface area contributed by atoms with Crippen molar-refractivity contribution in [3.05, 3.63) is 24.3 Å². The van der Waals surface area contributed by atoms with Crippen LogP contribution in [0.5, 0.6) is 0 Å². The van der Waals surface area contributed by atoms with Gasteiger partial charge in [0.2, 0.25) is 10.0 Å². The Morgan fingerprint density at radius 1 is 1.50 bits per heavy atom. The van der Waals surface area contributed by atoms with Gasteiger partial charge in [-0.2, -0.15) is 0 Å². The lowest BCUT2D eigenvalue weighted by atomic mass is 10.4. The summed E-state index contributed by atoms with van der Waals surface area (Å²) in [5.74, 6) is -0.685. The molecule has 1 aromatic rings. The molecule has 0 saturated heterocycles. The van der Waals surface area contributed by atoms with Crippen molar-refractivity contribution in [1.82, 2.24) is 10.3 Å². The average Bonchev–Trinajstić information content (AvgIpc) is 2.32. The van der Waals surface area contributed by atoms with E-state index in [0.717, 1.165) is 19.2 Å². The number of rotatable bonds is 7. The minimum Gasteiger partial charge on any atom is -0.315 e. The van der Waals surface area contributed by atoms with Crippen LogP contribution >= 0.6 is 0 Å². The van der Waals surface area contributed by atoms with Crippen LogP contribution in [0.3, 0.4) is 0 Å². The first kappa shape index (κ1) is 14.8. The number of aromatic nitrogens is 1. The number of hydrogen-bond acceptors (Lipinski definition) is 4. The summed E-state index contributed by atoms with van der Waals surface area (Å²) < 4.78 is 39.3. The topological polar surface area (TPSA) is 71.1 Å². The first-order chi connectivity index (χ1) is 8.47. The largest absolute Gasteiger partial charge is 0.315 e. The molecule has 0 saturated carbocycles. The zero-order valence-electron chi connectivity index (χ0n) is 10.5. The Labute approximate surface area is 107 Å². The van der Waals surface area contributed by atoms with Gasteiger partial charge >= 0.3 is 0 Å². The van der Waals surface area contributed by atoms with Gasteiger partial charge in [-0.1, -0.05) is 6.92 Å². The Balaban J connectivity index is 2.67. The fourth-order valence-corrected chi connectivity index (χ4v) is 2.31. The Morgan fingerprint density at radius 3 is 2.83 bits per heavy atom. The quantitative estimate of drug-likeness (QED) is 0.737. The molecule has 0 radical (unpaired) electrons. The molecule has 1 rings (SSSR count).